The fraction of sp³-hybridized carbons (Fsp3) is 0.250. The van der Waals surface area contributed by atoms with Crippen molar-refractivity contribution in [3.8, 4) is 18.2 Å². The summed E-state index contributed by atoms with van der Waals surface area (Å²) in [5.74, 6) is 0. The fourth-order valence-electron chi connectivity index (χ4n) is 1.71. The van der Waals surface area contributed by atoms with Gasteiger partial charge in [-0.3, -0.25) is 0 Å². The summed E-state index contributed by atoms with van der Waals surface area (Å²) in [6, 6.07) is 3.58. The second kappa shape index (κ2) is 5.34. The summed E-state index contributed by atoms with van der Waals surface area (Å²) in [4.78, 5) is 0. The van der Waals surface area contributed by atoms with Gasteiger partial charge in [0, 0.05) is 0 Å². The summed E-state index contributed by atoms with van der Waals surface area (Å²) in [6.07, 6.45) is -11.4. The highest BCUT2D eigenvalue weighted by Gasteiger charge is 2.44. The number of nitriles is 3. The Hall–Kier alpha value is -2.73. The Balaban J connectivity index is 4.00. The summed E-state index contributed by atoms with van der Waals surface area (Å²) >= 11 is 0. The Morgan fingerprint density at radius 3 is 1.71 bits per heavy atom. The van der Waals surface area contributed by atoms with E-state index < -0.39 is 46.6 Å². The molecule has 21 heavy (non-hydrogen) atoms. The van der Waals surface area contributed by atoms with E-state index in [9.17, 15) is 26.3 Å². The maximum absolute atomic E-state index is 12.9. The highest BCUT2D eigenvalue weighted by Crippen LogP contribution is 2.42. The maximum atomic E-state index is 12.9. The topological polar surface area (TPSA) is 71.4 Å². The van der Waals surface area contributed by atoms with Crippen molar-refractivity contribution in [3.63, 3.8) is 0 Å². The molecule has 0 atom stereocenters. The predicted octanol–water partition coefficient (Wildman–Crippen LogP) is 3.53. The second-order valence-electron chi connectivity index (χ2n) is 3.76. The molecule has 1 aromatic rings. The first-order valence-electron chi connectivity index (χ1n) is 5.09. The summed E-state index contributed by atoms with van der Waals surface area (Å²) in [7, 11) is 0. The Bertz CT molecular complexity index is 695. The molecule has 0 saturated carbocycles. The summed E-state index contributed by atoms with van der Waals surface area (Å²) in [6.45, 7) is 0. The average Bonchev–Trinajstić information content (AvgIpc) is 2.35. The third-order valence-electron chi connectivity index (χ3n) is 2.49. The molecule has 0 aromatic heterocycles. The number of nitrogens with zero attached hydrogens (tertiary/aromatic N) is 3. The van der Waals surface area contributed by atoms with Gasteiger partial charge in [0.05, 0.1) is 34.7 Å². The number of halogens is 6. The van der Waals surface area contributed by atoms with Crippen LogP contribution in [-0.2, 0) is 18.8 Å². The van der Waals surface area contributed by atoms with Crippen molar-refractivity contribution in [3.05, 3.63) is 33.9 Å². The Labute approximate surface area is 114 Å². The first-order chi connectivity index (χ1) is 9.57. The van der Waals surface area contributed by atoms with Gasteiger partial charge in [0.1, 0.15) is 12.1 Å². The molecule has 3 nitrogen and oxygen atoms in total. The van der Waals surface area contributed by atoms with Crippen LogP contribution in [0.2, 0.25) is 0 Å². The van der Waals surface area contributed by atoms with Gasteiger partial charge in [-0.2, -0.15) is 42.1 Å². The van der Waals surface area contributed by atoms with Crippen molar-refractivity contribution < 1.29 is 26.3 Å². The number of hydrogen-bond donors (Lipinski definition) is 0. The molecule has 0 fully saturated rings. The van der Waals surface area contributed by atoms with Crippen LogP contribution in [0.15, 0.2) is 6.07 Å². The van der Waals surface area contributed by atoms with Crippen LogP contribution in [0.25, 0.3) is 0 Å². The average molecular weight is 303 g/mol. The van der Waals surface area contributed by atoms with Crippen LogP contribution in [0, 0.1) is 34.0 Å². The largest absolute Gasteiger partial charge is 0.418 e. The normalized spacial score (nSPS) is 11.4. The third-order valence-corrected chi connectivity index (χ3v) is 2.49. The SMILES string of the molecule is N#CCc1cc(C(F)(F)F)c(C#N)c(C(F)(F)F)c1C#N. The van der Waals surface area contributed by atoms with E-state index in [-0.39, 0.29) is 6.07 Å². The molecular formula is C12H3F6N3. The van der Waals surface area contributed by atoms with E-state index in [0.29, 0.717) is 0 Å². The monoisotopic (exact) mass is 303 g/mol. The van der Waals surface area contributed by atoms with Gasteiger partial charge < -0.3 is 0 Å². The Kier molecular flexibility index (Phi) is 4.15. The lowest BCUT2D eigenvalue weighted by Gasteiger charge is -2.18. The third kappa shape index (κ3) is 3.06. The van der Waals surface area contributed by atoms with Crippen LogP contribution < -0.4 is 0 Å². The molecule has 0 N–H and O–H groups in total. The molecule has 0 heterocycles. The van der Waals surface area contributed by atoms with Crippen molar-refractivity contribution in [2.24, 2.45) is 0 Å². The minimum Gasteiger partial charge on any atom is -0.198 e. The van der Waals surface area contributed by atoms with Crippen molar-refractivity contribution in [2.45, 2.75) is 18.8 Å². The Morgan fingerprint density at radius 2 is 1.38 bits per heavy atom. The number of alkyl halides is 6. The van der Waals surface area contributed by atoms with Gasteiger partial charge in [-0.25, -0.2) is 0 Å². The molecule has 0 unspecified atom stereocenters. The van der Waals surface area contributed by atoms with Crippen LogP contribution >= 0.6 is 0 Å². The molecule has 0 bridgehead atoms. The zero-order valence-electron chi connectivity index (χ0n) is 9.89. The van der Waals surface area contributed by atoms with Gasteiger partial charge in [0.25, 0.3) is 0 Å². The van der Waals surface area contributed by atoms with Gasteiger partial charge in [0.15, 0.2) is 0 Å². The molecule has 1 aromatic carbocycles. The standard InChI is InChI=1S/C12H3F6N3/c13-11(14,15)9-3-6(1-2-19)7(4-20)10(8(9)5-21)12(16,17)18/h3H,1H2. The van der Waals surface area contributed by atoms with E-state index in [1.165, 1.54) is 6.07 Å². The lowest BCUT2D eigenvalue weighted by atomic mass is 9.90. The predicted molar refractivity (Wildman–Crippen MR) is 55.2 cm³/mol. The highest BCUT2D eigenvalue weighted by atomic mass is 19.4. The number of rotatable bonds is 1. The van der Waals surface area contributed by atoms with Gasteiger partial charge in [-0.15, -0.1) is 0 Å². The van der Waals surface area contributed by atoms with E-state index >= 15 is 0 Å². The van der Waals surface area contributed by atoms with Crippen LogP contribution in [0.3, 0.4) is 0 Å². The number of hydrogen-bond acceptors (Lipinski definition) is 3. The minimum atomic E-state index is -5.33. The quantitative estimate of drug-likeness (QED) is 0.745. The minimum absolute atomic E-state index is 0.232. The number of benzene rings is 1. The van der Waals surface area contributed by atoms with Crippen LogP contribution in [0.1, 0.15) is 27.8 Å². The van der Waals surface area contributed by atoms with Crippen molar-refractivity contribution in [1.29, 1.82) is 15.8 Å². The van der Waals surface area contributed by atoms with Gasteiger partial charge in [-0.1, -0.05) is 0 Å². The molecule has 9 heteroatoms. The molecular weight excluding hydrogens is 300 g/mol. The molecule has 0 aliphatic heterocycles. The van der Waals surface area contributed by atoms with Crippen LogP contribution in [0.5, 0.6) is 0 Å². The van der Waals surface area contributed by atoms with Crippen molar-refractivity contribution >= 4 is 0 Å². The molecule has 0 aliphatic carbocycles. The molecule has 0 saturated heterocycles. The highest BCUT2D eigenvalue weighted by molar-refractivity contribution is 5.59. The van der Waals surface area contributed by atoms with Crippen molar-refractivity contribution in [2.75, 3.05) is 0 Å². The van der Waals surface area contributed by atoms with Gasteiger partial charge >= 0.3 is 12.4 Å². The molecule has 0 radical (unpaired) electrons. The van der Waals surface area contributed by atoms with E-state index in [4.69, 9.17) is 15.8 Å². The second-order valence-corrected chi connectivity index (χ2v) is 3.76. The molecule has 0 amide bonds. The molecule has 1 rings (SSSR count). The van der Waals surface area contributed by atoms with Crippen LogP contribution in [0.4, 0.5) is 26.3 Å². The summed E-state index contributed by atoms with van der Waals surface area (Å²) in [5.41, 5.74) is -7.32. The van der Waals surface area contributed by atoms with E-state index in [1.54, 1.807) is 0 Å². The van der Waals surface area contributed by atoms with E-state index in [2.05, 4.69) is 0 Å². The zero-order chi connectivity index (χ0) is 16.4. The first kappa shape index (κ1) is 16.3. The van der Waals surface area contributed by atoms with Crippen molar-refractivity contribution in [1.82, 2.24) is 0 Å². The van der Waals surface area contributed by atoms with Crippen LogP contribution in [-0.4, -0.2) is 0 Å². The smallest absolute Gasteiger partial charge is 0.198 e. The maximum Gasteiger partial charge on any atom is 0.418 e. The lowest BCUT2D eigenvalue weighted by molar-refractivity contribution is -0.143. The fourth-order valence-corrected chi connectivity index (χ4v) is 1.71. The van der Waals surface area contributed by atoms with Gasteiger partial charge in [0.2, 0.25) is 0 Å². The molecule has 108 valence electrons. The zero-order valence-corrected chi connectivity index (χ0v) is 9.89. The summed E-state index contributed by atoms with van der Waals surface area (Å²) < 4.78 is 77.1. The molecule has 0 spiro atoms. The van der Waals surface area contributed by atoms with E-state index in [0.717, 1.165) is 12.1 Å². The Morgan fingerprint density at radius 1 is 0.857 bits per heavy atom. The van der Waals surface area contributed by atoms with Gasteiger partial charge in [-0.05, 0) is 11.6 Å². The molecule has 0 aliphatic rings. The lowest BCUT2D eigenvalue weighted by Crippen LogP contribution is -2.18. The first-order valence-corrected chi connectivity index (χ1v) is 5.09. The summed E-state index contributed by atoms with van der Waals surface area (Å²) in [5, 5.41) is 25.9. The van der Waals surface area contributed by atoms with E-state index in [1.807, 2.05) is 0 Å².